The van der Waals surface area contributed by atoms with Gasteiger partial charge in [0.05, 0.1) is 6.20 Å². The molecule has 5 heteroatoms. The van der Waals surface area contributed by atoms with Gasteiger partial charge in [-0.25, -0.2) is 15.0 Å². The summed E-state index contributed by atoms with van der Waals surface area (Å²) in [5.74, 6) is 1.86. The molecule has 0 saturated heterocycles. The fraction of sp³-hybridized carbons (Fsp3) is 0. The largest absolute Gasteiger partial charge is 0.454 e. The second kappa shape index (κ2) is 10.0. The topological polar surface area (TPSA) is 64.7 Å². The maximum Gasteiger partial charge on any atom is 0.164 e. The Morgan fingerprint density at radius 3 is 1.98 bits per heavy atom. The van der Waals surface area contributed by atoms with Gasteiger partial charge in [0.1, 0.15) is 5.58 Å². The van der Waals surface area contributed by atoms with E-state index in [1.165, 1.54) is 21.5 Å². The van der Waals surface area contributed by atoms with E-state index in [-0.39, 0.29) is 0 Å². The van der Waals surface area contributed by atoms with Crippen LogP contribution in [0, 0.1) is 0 Å². The van der Waals surface area contributed by atoms with Crippen LogP contribution in [0.2, 0.25) is 0 Å². The molecule has 5 nitrogen and oxygen atoms in total. The average Bonchev–Trinajstić information content (AvgIpc) is 3.53. The molecule has 218 valence electrons. The maximum atomic E-state index is 6.36. The summed E-state index contributed by atoms with van der Waals surface area (Å²) in [4.78, 5) is 19.7. The molecule has 47 heavy (non-hydrogen) atoms. The number of benzene rings is 7. The van der Waals surface area contributed by atoms with Gasteiger partial charge in [0.15, 0.2) is 23.1 Å². The van der Waals surface area contributed by atoms with Gasteiger partial charge in [-0.1, -0.05) is 109 Å². The lowest BCUT2D eigenvalue weighted by Crippen LogP contribution is -2.01. The van der Waals surface area contributed by atoms with Crippen LogP contribution in [-0.4, -0.2) is 19.9 Å². The SMILES string of the molecule is c1ccc(-c2nc(-c3ccc4ccc5c6ccncc6oc5c4c3)nc(-c3cc4ccccc4c4ccc5ccccc5c34)n2)cc1. The minimum atomic E-state index is 0.604. The molecule has 0 N–H and O–H groups in total. The molecule has 10 rings (SSSR count). The van der Waals surface area contributed by atoms with Crippen molar-refractivity contribution in [3.63, 3.8) is 0 Å². The number of fused-ring (bicyclic) bond motifs is 10. The molecule has 0 saturated carbocycles. The summed E-state index contributed by atoms with van der Waals surface area (Å²) >= 11 is 0. The molecular weight excluding hydrogens is 576 g/mol. The van der Waals surface area contributed by atoms with Crippen molar-refractivity contribution in [2.45, 2.75) is 0 Å². The molecule has 7 aromatic carbocycles. The molecule has 3 aromatic heterocycles. The average molecular weight is 601 g/mol. The van der Waals surface area contributed by atoms with Gasteiger partial charge >= 0.3 is 0 Å². The fourth-order valence-electron chi connectivity index (χ4n) is 6.95. The maximum absolute atomic E-state index is 6.36. The summed E-state index contributed by atoms with van der Waals surface area (Å²) in [6.45, 7) is 0. The molecule has 0 bridgehead atoms. The monoisotopic (exact) mass is 600 g/mol. The molecule has 0 atom stereocenters. The van der Waals surface area contributed by atoms with Crippen molar-refractivity contribution in [2.24, 2.45) is 0 Å². The number of aromatic nitrogens is 4. The van der Waals surface area contributed by atoms with E-state index in [2.05, 4.69) is 102 Å². The Hall–Kier alpha value is -6.46. The van der Waals surface area contributed by atoms with Crippen LogP contribution in [0.1, 0.15) is 0 Å². The second-order valence-electron chi connectivity index (χ2n) is 11.9. The predicted molar refractivity (Wildman–Crippen MR) is 191 cm³/mol. The Kier molecular flexibility index (Phi) is 5.51. The number of pyridine rings is 1. The van der Waals surface area contributed by atoms with Gasteiger partial charge in [-0.3, -0.25) is 4.98 Å². The van der Waals surface area contributed by atoms with E-state index in [0.717, 1.165) is 60.2 Å². The first kappa shape index (κ1) is 25.8. The Labute approximate surface area is 268 Å². The molecule has 0 unspecified atom stereocenters. The van der Waals surface area contributed by atoms with Crippen molar-refractivity contribution in [3.8, 4) is 34.2 Å². The van der Waals surface area contributed by atoms with Crippen LogP contribution < -0.4 is 0 Å². The number of furan rings is 1. The zero-order chi connectivity index (χ0) is 30.9. The van der Waals surface area contributed by atoms with Crippen molar-refractivity contribution in [1.82, 2.24) is 19.9 Å². The lowest BCUT2D eigenvalue weighted by molar-refractivity contribution is 0.670. The van der Waals surface area contributed by atoms with E-state index in [1.54, 1.807) is 12.4 Å². The van der Waals surface area contributed by atoms with E-state index < -0.39 is 0 Å². The summed E-state index contributed by atoms with van der Waals surface area (Å²) in [5.41, 5.74) is 4.39. The normalized spacial score (nSPS) is 11.8. The zero-order valence-corrected chi connectivity index (χ0v) is 25.1. The van der Waals surface area contributed by atoms with Gasteiger partial charge in [0.2, 0.25) is 0 Å². The fourth-order valence-corrected chi connectivity index (χ4v) is 6.95. The first-order valence-electron chi connectivity index (χ1n) is 15.6. The predicted octanol–water partition coefficient (Wildman–Crippen LogP) is 10.8. The van der Waals surface area contributed by atoms with E-state index >= 15 is 0 Å². The van der Waals surface area contributed by atoms with Gasteiger partial charge in [-0.2, -0.15) is 0 Å². The molecule has 0 fully saturated rings. The summed E-state index contributed by atoms with van der Waals surface area (Å²) < 4.78 is 6.36. The smallest absolute Gasteiger partial charge is 0.164 e. The number of rotatable bonds is 3. The van der Waals surface area contributed by atoms with Crippen LogP contribution in [0.5, 0.6) is 0 Å². The van der Waals surface area contributed by atoms with Crippen LogP contribution in [0.25, 0.3) is 99.2 Å². The molecule has 0 amide bonds. The first-order chi connectivity index (χ1) is 23.3. The highest BCUT2D eigenvalue weighted by Crippen LogP contribution is 2.40. The van der Waals surface area contributed by atoms with E-state index in [1.807, 2.05) is 36.4 Å². The van der Waals surface area contributed by atoms with E-state index in [4.69, 9.17) is 19.4 Å². The standard InChI is InChI=1S/C42H24N4O/c1-2-9-27(10-3-1)40-44-41(29-15-14-26-17-19-34-32-20-21-43-24-37(32)47-39(34)35(26)23-29)46-42(45-40)36-22-28-11-5-6-12-30(28)33-18-16-25-8-4-7-13-31(25)38(33)36/h1-24H. The van der Waals surface area contributed by atoms with Crippen LogP contribution in [-0.2, 0) is 0 Å². The van der Waals surface area contributed by atoms with E-state index in [9.17, 15) is 0 Å². The van der Waals surface area contributed by atoms with Crippen LogP contribution in [0.4, 0.5) is 0 Å². The second-order valence-corrected chi connectivity index (χ2v) is 11.9. The molecule has 0 aliphatic carbocycles. The molecule has 3 heterocycles. The minimum Gasteiger partial charge on any atom is -0.454 e. The van der Waals surface area contributed by atoms with Crippen molar-refractivity contribution in [3.05, 3.63) is 146 Å². The third-order valence-corrected chi connectivity index (χ3v) is 9.17. The molecule has 0 spiro atoms. The van der Waals surface area contributed by atoms with Crippen molar-refractivity contribution >= 4 is 65.0 Å². The highest BCUT2D eigenvalue weighted by atomic mass is 16.3. The molecule has 0 aliphatic rings. The highest BCUT2D eigenvalue weighted by Gasteiger charge is 2.18. The Morgan fingerprint density at radius 1 is 0.426 bits per heavy atom. The van der Waals surface area contributed by atoms with Crippen molar-refractivity contribution in [1.29, 1.82) is 0 Å². The Balaban J connectivity index is 1.28. The molecule has 0 radical (unpaired) electrons. The Bertz CT molecular complexity index is 2860. The molecular formula is C42H24N4O. The van der Waals surface area contributed by atoms with Crippen LogP contribution in [0.3, 0.4) is 0 Å². The summed E-state index contributed by atoms with van der Waals surface area (Å²) in [6.07, 6.45) is 3.57. The minimum absolute atomic E-state index is 0.604. The lowest BCUT2D eigenvalue weighted by Gasteiger charge is -2.14. The summed E-state index contributed by atoms with van der Waals surface area (Å²) in [7, 11) is 0. The third-order valence-electron chi connectivity index (χ3n) is 9.17. The van der Waals surface area contributed by atoms with Crippen molar-refractivity contribution < 1.29 is 4.42 Å². The van der Waals surface area contributed by atoms with Crippen LogP contribution in [0.15, 0.2) is 150 Å². The number of nitrogens with zero attached hydrogens (tertiary/aromatic N) is 4. The van der Waals surface area contributed by atoms with Gasteiger partial charge in [-0.15, -0.1) is 0 Å². The van der Waals surface area contributed by atoms with Gasteiger partial charge in [-0.05, 0) is 56.6 Å². The third kappa shape index (κ3) is 4.03. The van der Waals surface area contributed by atoms with Gasteiger partial charge < -0.3 is 4.42 Å². The number of hydrogen-bond donors (Lipinski definition) is 0. The first-order valence-corrected chi connectivity index (χ1v) is 15.6. The molecule has 10 aromatic rings. The quantitative estimate of drug-likeness (QED) is 0.189. The zero-order valence-electron chi connectivity index (χ0n) is 25.1. The Morgan fingerprint density at radius 2 is 1.11 bits per heavy atom. The summed E-state index contributed by atoms with van der Waals surface area (Å²) in [5, 5.41) is 11.2. The van der Waals surface area contributed by atoms with Crippen LogP contribution >= 0.6 is 0 Å². The highest BCUT2D eigenvalue weighted by molar-refractivity contribution is 6.22. The van der Waals surface area contributed by atoms with E-state index in [0.29, 0.717) is 17.5 Å². The lowest BCUT2D eigenvalue weighted by atomic mass is 9.92. The molecule has 0 aliphatic heterocycles. The number of hydrogen-bond acceptors (Lipinski definition) is 5. The summed E-state index contributed by atoms with van der Waals surface area (Å²) in [6, 6.07) is 46.4. The van der Waals surface area contributed by atoms with Gasteiger partial charge in [0.25, 0.3) is 0 Å². The van der Waals surface area contributed by atoms with Crippen molar-refractivity contribution in [2.75, 3.05) is 0 Å². The van der Waals surface area contributed by atoms with Gasteiger partial charge in [0, 0.05) is 44.4 Å².